The number of hydrogen-bond donors (Lipinski definition) is 1. The minimum absolute atomic E-state index is 0.165. The molecule has 0 amide bonds. The van der Waals surface area contributed by atoms with Gasteiger partial charge in [0.05, 0.1) is 12.7 Å². The first-order valence-electron chi connectivity index (χ1n) is 5.62. The number of methoxy groups -OCH3 is 1. The molecule has 0 saturated heterocycles. The number of rotatable bonds is 4. The van der Waals surface area contributed by atoms with Crippen molar-refractivity contribution in [3.05, 3.63) is 53.6 Å². The van der Waals surface area contributed by atoms with Gasteiger partial charge in [-0.25, -0.2) is 4.79 Å². The summed E-state index contributed by atoms with van der Waals surface area (Å²) in [5.74, 6) is -0.529. The third kappa shape index (κ3) is 2.63. The van der Waals surface area contributed by atoms with Crippen LogP contribution in [0.1, 0.15) is 20.7 Å². The molecule has 0 aromatic heterocycles. The van der Waals surface area contributed by atoms with E-state index in [0.717, 1.165) is 11.8 Å². The van der Waals surface area contributed by atoms with Crippen LogP contribution in [-0.4, -0.2) is 24.5 Å². The second-order valence-electron chi connectivity index (χ2n) is 3.96. The van der Waals surface area contributed by atoms with Gasteiger partial charge in [0.25, 0.3) is 0 Å². The van der Waals surface area contributed by atoms with E-state index in [1.54, 1.807) is 36.4 Å². The van der Waals surface area contributed by atoms with E-state index in [0.29, 0.717) is 16.9 Å². The lowest BCUT2D eigenvalue weighted by molar-refractivity contribution is 0.0697. The second kappa shape index (κ2) is 5.35. The maximum Gasteiger partial charge on any atom is 0.336 e. The summed E-state index contributed by atoms with van der Waals surface area (Å²) in [6, 6.07) is 11.6. The lowest BCUT2D eigenvalue weighted by Gasteiger charge is -2.08. The normalized spacial score (nSPS) is 9.95. The molecule has 1 N–H and O–H groups in total. The van der Waals surface area contributed by atoms with Crippen molar-refractivity contribution in [3.63, 3.8) is 0 Å². The summed E-state index contributed by atoms with van der Waals surface area (Å²) in [5.41, 5.74) is 2.05. The van der Waals surface area contributed by atoms with E-state index in [-0.39, 0.29) is 5.56 Å². The Kier molecular flexibility index (Phi) is 3.61. The summed E-state index contributed by atoms with van der Waals surface area (Å²) in [4.78, 5) is 21.9. The van der Waals surface area contributed by atoms with E-state index in [4.69, 9.17) is 4.74 Å². The summed E-state index contributed by atoms with van der Waals surface area (Å²) in [6.07, 6.45) is 0.746. The Hall–Kier alpha value is -2.62. The van der Waals surface area contributed by atoms with Crippen LogP contribution in [0.5, 0.6) is 5.75 Å². The first kappa shape index (κ1) is 12.8. The van der Waals surface area contributed by atoms with E-state index >= 15 is 0 Å². The van der Waals surface area contributed by atoms with Gasteiger partial charge in [-0.05, 0) is 29.3 Å². The topological polar surface area (TPSA) is 63.6 Å². The summed E-state index contributed by atoms with van der Waals surface area (Å²) in [6.45, 7) is 0. The molecular formula is C15H12O4. The molecule has 2 aromatic rings. The van der Waals surface area contributed by atoms with Crippen molar-refractivity contribution in [2.75, 3.05) is 7.11 Å². The lowest BCUT2D eigenvalue weighted by atomic mass is 9.98. The van der Waals surface area contributed by atoms with Crippen molar-refractivity contribution in [2.24, 2.45) is 0 Å². The Morgan fingerprint density at radius 3 is 2.37 bits per heavy atom. The largest absolute Gasteiger partial charge is 0.497 e. The number of benzene rings is 2. The van der Waals surface area contributed by atoms with Crippen LogP contribution in [0.25, 0.3) is 11.1 Å². The van der Waals surface area contributed by atoms with Gasteiger partial charge in [0, 0.05) is 5.56 Å². The zero-order valence-electron chi connectivity index (χ0n) is 10.3. The first-order valence-corrected chi connectivity index (χ1v) is 5.62. The maximum atomic E-state index is 11.3. The molecule has 96 valence electrons. The fraction of sp³-hybridized carbons (Fsp3) is 0.0667. The highest BCUT2D eigenvalue weighted by Gasteiger charge is 2.13. The summed E-state index contributed by atoms with van der Waals surface area (Å²) < 4.78 is 5.02. The van der Waals surface area contributed by atoms with E-state index in [2.05, 4.69) is 0 Å². The van der Waals surface area contributed by atoms with Crippen molar-refractivity contribution in [1.29, 1.82) is 0 Å². The van der Waals surface area contributed by atoms with Crippen LogP contribution in [0.2, 0.25) is 0 Å². The van der Waals surface area contributed by atoms with Gasteiger partial charge in [0.2, 0.25) is 0 Å². The molecule has 0 unspecified atom stereocenters. The van der Waals surface area contributed by atoms with Crippen LogP contribution in [0.3, 0.4) is 0 Å². The maximum absolute atomic E-state index is 11.3. The Labute approximate surface area is 110 Å². The Balaban J connectivity index is 2.53. The van der Waals surface area contributed by atoms with E-state index < -0.39 is 5.97 Å². The van der Waals surface area contributed by atoms with Gasteiger partial charge >= 0.3 is 5.97 Å². The number of hydrogen-bond acceptors (Lipinski definition) is 3. The second-order valence-corrected chi connectivity index (χ2v) is 3.96. The van der Waals surface area contributed by atoms with Gasteiger partial charge in [-0.3, -0.25) is 4.79 Å². The summed E-state index contributed by atoms with van der Waals surface area (Å²) in [5, 5.41) is 9.24. The van der Waals surface area contributed by atoms with E-state index in [1.165, 1.54) is 13.2 Å². The molecule has 0 atom stereocenters. The molecular weight excluding hydrogens is 244 g/mol. The van der Waals surface area contributed by atoms with Gasteiger partial charge < -0.3 is 9.84 Å². The molecule has 19 heavy (non-hydrogen) atoms. The molecule has 0 radical (unpaired) electrons. The minimum Gasteiger partial charge on any atom is -0.497 e. The molecule has 0 aliphatic rings. The molecule has 0 saturated carbocycles. The smallest absolute Gasteiger partial charge is 0.336 e. The first-order chi connectivity index (χ1) is 9.15. The molecule has 0 bridgehead atoms. The van der Waals surface area contributed by atoms with Gasteiger partial charge in [-0.2, -0.15) is 0 Å². The highest BCUT2D eigenvalue weighted by molar-refractivity contribution is 5.96. The quantitative estimate of drug-likeness (QED) is 0.854. The number of carboxylic acid groups (broad SMARTS) is 1. The Morgan fingerprint density at radius 2 is 1.84 bits per heavy atom. The van der Waals surface area contributed by atoms with Crippen LogP contribution in [0, 0.1) is 0 Å². The van der Waals surface area contributed by atoms with Gasteiger partial charge in [0.15, 0.2) is 0 Å². The van der Waals surface area contributed by atoms with Gasteiger partial charge in [-0.15, -0.1) is 0 Å². The molecule has 0 heterocycles. The highest BCUT2D eigenvalue weighted by atomic mass is 16.5. The molecule has 4 heteroatoms. The van der Waals surface area contributed by atoms with Gasteiger partial charge in [-0.1, -0.05) is 24.3 Å². The molecule has 0 fully saturated rings. The summed E-state index contributed by atoms with van der Waals surface area (Å²) in [7, 11) is 1.49. The Bertz CT molecular complexity index is 615. The third-order valence-electron chi connectivity index (χ3n) is 2.81. The third-order valence-corrected chi connectivity index (χ3v) is 2.81. The summed E-state index contributed by atoms with van der Waals surface area (Å²) >= 11 is 0. The predicted octanol–water partition coefficient (Wildman–Crippen LogP) is 2.87. The molecule has 2 aromatic carbocycles. The fourth-order valence-electron chi connectivity index (χ4n) is 1.82. The minimum atomic E-state index is -1.02. The number of carbonyl (C=O) groups is 2. The van der Waals surface area contributed by atoms with Crippen LogP contribution < -0.4 is 4.74 Å². The Morgan fingerprint density at radius 1 is 1.16 bits per heavy atom. The van der Waals surface area contributed by atoms with Crippen LogP contribution in [-0.2, 0) is 0 Å². The average Bonchev–Trinajstić information content (AvgIpc) is 2.46. The molecule has 4 nitrogen and oxygen atoms in total. The van der Waals surface area contributed by atoms with Crippen molar-refractivity contribution in [3.8, 4) is 16.9 Å². The van der Waals surface area contributed by atoms with Crippen molar-refractivity contribution < 1.29 is 19.4 Å². The monoisotopic (exact) mass is 256 g/mol. The van der Waals surface area contributed by atoms with Crippen LogP contribution in [0.15, 0.2) is 42.5 Å². The van der Waals surface area contributed by atoms with Crippen molar-refractivity contribution in [1.82, 2.24) is 0 Å². The number of aldehydes is 1. The van der Waals surface area contributed by atoms with Crippen molar-refractivity contribution in [2.45, 2.75) is 0 Å². The molecule has 0 spiro atoms. The zero-order valence-corrected chi connectivity index (χ0v) is 10.3. The highest BCUT2D eigenvalue weighted by Crippen LogP contribution is 2.27. The standard InChI is InChI=1S/C15H12O4/c1-19-12-6-7-13(14(8-12)15(17)18)11-4-2-10(9-16)3-5-11/h2-9H,1H3,(H,17,18). The fourth-order valence-corrected chi connectivity index (χ4v) is 1.82. The number of carbonyl (C=O) groups excluding carboxylic acids is 1. The van der Waals surface area contributed by atoms with Gasteiger partial charge in [0.1, 0.15) is 12.0 Å². The van der Waals surface area contributed by atoms with Crippen LogP contribution in [0.4, 0.5) is 0 Å². The zero-order chi connectivity index (χ0) is 13.8. The van der Waals surface area contributed by atoms with Crippen molar-refractivity contribution >= 4 is 12.3 Å². The molecule has 0 aliphatic carbocycles. The molecule has 0 aliphatic heterocycles. The molecule has 2 rings (SSSR count). The number of ether oxygens (including phenoxy) is 1. The van der Waals surface area contributed by atoms with E-state index in [1.807, 2.05) is 0 Å². The van der Waals surface area contributed by atoms with Crippen LogP contribution >= 0.6 is 0 Å². The number of aromatic carboxylic acids is 1. The lowest BCUT2D eigenvalue weighted by Crippen LogP contribution is -2.00. The predicted molar refractivity (Wildman–Crippen MR) is 70.8 cm³/mol. The SMILES string of the molecule is COc1ccc(-c2ccc(C=O)cc2)c(C(=O)O)c1. The average molecular weight is 256 g/mol. The van der Waals surface area contributed by atoms with E-state index in [9.17, 15) is 14.7 Å². The number of carboxylic acids is 1.